The van der Waals surface area contributed by atoms with Crippen molar-refractivity contribution in [1.82, 2.24) is 9.97 Å². The summed E-state index contributed by atoms with van der Waals surface area (Å²) < 4.78 is 0. The van der Waals surface area contributed by atoms with Gasteiger partial charge in [-0.2, -0.15) is 0 Å². The third-order valence-electron chi connectivity index (χ3n) is 3.39. The monoisotopic (exact) mass is 289 g/mol. The zero-order chi connectivity index (χ0) is 13.9. The highest BCUT2D eigenvalue weighted by Gasteiger charge is 2.26. The molecule has 1 aromatic heterocycles. The summed E-state index contributed by atoms with van der Waals surface area (Å²) in [4.78, 5) is 34.3. The molecule has 5 nitrogen and oxygen atoms in total. The van der Waals surface area contributed by atoms with Crippen LogP contribution in [0.4, 0.5) is 5.95 Å². The number of carbonyl (C=O) groups excluding carboxylic acids is 2. The van der Waals surface area contributed by atoms with E-state index in [2.05, 4.69) is 14.9 Å². The summed E-state index contributed by atoms with van der Waals surface area (Å²) in [5, 5.41) is -0.0911. The summed E-state index contributed by atoms with van der Waals surface area (Å²) in [7, 11) is 0. The Morgan fingerprint density at radius 2 is 2.00 bits per heavy atom. The zero-order valence-electron chi connectivity index (χ0n) is 11.0. The standard InChI is InChI=1S/C14H15N3O2S/c18-11-9-13(19)20-12(11)8-10-4-5-15-14(16-10)17-6-2-1-3-7-17/h4-5,8H,1-3,6-7,9H2. The first kappa shape index (κ1) is 13.3. The largest absolute Gasteiger partial charge is 0.341 e. The van der Waals surface area contributed by atoms with Gasteiger partial charge >= 0.3 is 0 Å². The Labute approximate surface area is 121 Å². The molecule has 6 heteroatoms. The smallest absolute Gasteiger partial charge is 0.225 e. The minimum Gasteiger partial charge on any atom is -0.341 e. The third-order valence-corrected chi connectivity index (χ3v) is 4.32. The van der Waals surface area contributed by atoms with Crippen molar-refractivity contribution in [2.75, 3.05) is 18.0 Å². The molecule has 3 rings (SSSR count). The summed E-state index contributed by atoms with van der Waals surface area (Å²) in [6.07, 6.45) is 6.98. The highest BCUT2D eigenvalue weighted by molar-refractivity contribution is 8.18. The molecule has 20 heavy (non-hydrogen) atoms. The van der Waals surface area contributed by atoms with Gasteiger partial charge in [-0.25, -0.2) is 9.97 Å². The molecule has 0 bridgehead atoms. The van der Waals surface area contributed by atoms with Crippen LogP contribution in [-0.4, -0.2) is 34.0 Å². The van der Waals surface area contributed by atoms with Gasteiger partial charge in [0.15, 0.2) is 5.78 Å². The first-order valence-corrected chi connectivity index (χ1v) is 7.57. The molecule has 2 aliphatic heterocycles. The number of allylic oxidation sites excluding steroid dienone is 1. The lowest BCUT2D eigenvalue weighted by Gasteiger charge is -2.26. The van der Waals surface area contributed by atoms with Crippen LogP contribution in [0, 0.1) is 0 Å². The number of carbonyl (C=O) groups is 2. The number of piperidine rings is 1. The van der Waals surface area contributed by atoms with Crippen LogP contribution in [-0.2, 0) is 9.59 Å². The number of aromatic nitrogens is 2. The van der Waals surface area contributed by atoms with E-state index in [4.69, 9.17) is 0 Å². The van der Waals surface area contributed by atoms with Crippen molar-refractivity contribution in [1.29, 1.82) is 0 Å². The quantitative estimate of drug-likeness (QED) is 0.613. The fourth-order valence-electron chi connectivity index (χ4n) is 2.37. The molecule has 0 N–H and O–H groups in total. The Morgan fingerprint density at radius 1 is 1.20 bits per heavy atom. The lowest BCUT2D eigenvalue weighted by Crippen LogP contribution is -2.31. The van der Waals surface area contributed by atoms with Crippen LogP contribution in [0.1, 0.15) is 31.4 Å². The number of hydrogen-bond acceptors (Lipinski definition) is 6. The molecule has 0 amide bonds. The zero-order valence-corrected chi connectivity index (χ0v) is 11.9. The molecule has 0 spiro atoms. The maximum atomic E-state index is 11.6. The van der Waals surface area contributed by atoms with Gasteiger partial charge in [0.05, 0.1) is 17.0 Å². The van der Waals surface area contributed by atoms with Gasteiger partial charge in [-0.15, -0.1) is 0 Å². The van der Waals surface area contributed by atoms with Gasteiger partial charge in [0.2, 0.25) is 11.1 Å². The van der Waals surface area contributed by atoms with Crippen molar-refractivity contribution in [3.8, 4) is 0 Å². The Kier molecular flexibility index (Phi) is 3.82. The van der Waals surface area contributed by atoms with E-state index < -0.39 is 0 Å². The first-order chi connectivity index (χ1) is 9.72. The molecule has 2 aliphatic rings. The molecular weight excluding hydrogens is 274 g/mol. The van der Waals surface area contributed by atoms with E-state index in [-0.39, 0.29) is 17.3 Å². The minimum absolute atomic E-state index is 0.000561. The SMILES string of the molecule is O=C1CC(=O)C(=Cc2ccnc(N3CCCCC3)n2)S1. The molecule has 1 aromatic rings. The highest BCUT2D eigenvalue weighted by atomic mass is 32.2. The van der Waals surface area contributed by atoms with Crippen LogP contribution < -0.4 is 4.90 Å². The summed E-state index contributed by atoms with van der Waals surface area (Å²) in [5.74, 6) is 0.596. The predicted octanol–water partition coefficient (Wildman–Crippen LogP) is 2.04. The fourth-order valence-corrected chi connectivity index (χ4v) is 3.18. The molecule has 0 unspecified atom stereocenters. The lowest BCUT2D eigenvalue weighted by atomic mass is 10.1. The average Bonchev–Trinajstić information content (AvgIpc) is 2.78. The fraction of sp³-hybridized carbons (Fsp3) is 0.429. The number of rotatable bonds is 2. The van der Waals surface area contributed by atoms with Gasteiger partial charge in [0, 0.05) is 19.3 Å². The van der Waals surface area contributed by atoms with E-state index in [0.29, 0.717) is 16.5 Å². The van der Waals surface area contributed by atoms with Crippen LogP contribution >= 0.6 is 11.8 Å². The number of Topliss-reactive ketones (excluding diaryl/α,β-unsaturated/α-hetero) is 1. The number of anilines is 1. The summed E-state index contributed by atoms with van der Waals surface area (Å²) in [6.45, 7) is 1.96. The normalized spacial score (nSPS) is 21.8. The van der Waals surface area contributed by atoms with Gasteiger partial charge in [0.25, 0.3) is 0 Å². The van der Waals surface area contributed by atoms with E-state index in [9.17, 15) is 9.59 Å². The topological polar surface area (TPSA) is 63.2 Å². The molecule has 2 saturated heterocycles. The molecule has 0 saturated carbocycles. The number of thioether (sulfide) groups is 1. The maximum Gasteiger partial charge on any atom is 0.225 e. The summed E-state index contributed by atoms with van der Waals surface area (Å²) >= 11 is 1.01. The average molecular weight is 289 g/mol. The van der Waals surface area contributed by atoms with Crippen molar-refractivity contribution >= 4 is 34.7 Å². The van der Waals surface area contributed by atoms with Crippen molar-refractivity contribution in [2.24, 2.45) is 0 Å². The van der Waals surface area contributed by atoms with Crippen molar-refractivity contribution in [2.45, 2.75) is 25.7 Å². The second kappa shape index (κ2) is 5.75. The Bertz CT molecular complexity index is 580. The van der Waals surface area contributed by atoms with E-state index >= 15 is 0 Å². The summed E-state index contributed by atoms with van der Waals surface area (Å²) in [5.41, 5.74) is 0.686. The van der Waals surface area contributed by atoms with E-state index in [1.54, 1.807) is 18.3 Å². The Morgan fingerprint density at radius 3 is 2.70 bits per heavy atom. The lowest BCUT2D eigenvalue weighted by molar-refractivity contribution is -0.119. The summed E-state index contributed by atoms with van der Waals surface area (Å²) in [6, 6.07) is 1.76. The molecule has 104 valence electrons. The van der Waals surface area contributed by atoms with Crippen molar-refractivity contribution in [3.63, 3.8) is 0 Å². The first-order valence-electron chi connectivity index (χ1n) is 6.76. The van der Waals surface area contributed by atoms with Crippen LogP contribution in [0.15, 0.2) is 17.2 Å². The highest BCUT2D eigenvalue weighted by Crippen LogP contribution is 2.30. The second-order valence-electron chi connectivity index (χ2n) is 4.91. The molecular formula is C14H15N3O2S. The van der Waals surface area contributed by atoms with Crippen LogP contribution in [0.25, 0.3) is 6.08 Å². The van der Waals surface area contributed by atoms with Crippen LogP contribution in [0.2, 0.25) is 0 Å². The number of ketones is 1. The Balaban J connectivity index is 1.82. The van der Waals surface area contributed by atoms with Crippen LogP contribution in [0.5, 0.6) is 0 Å². The van der Waals surface area contributed by atoms with Gasteiger partial charge in [-0.3, -0.25) is 9.59 Å². The van der Waals surface area contributed by atoms with Gasteiger partial charge in [-0.1, -0.05) is 0 Å². The molecule has 2 fully saturated rings. The van der Waals surface area contributed by atoms with Gasteiger partial charge < -0.3 is 4.90 Å². The molecule has 0 atom stereocenters. The molecule has 0 aliphatic carbocycles. The van der Waals surface area contributed by atoms with Crippen molar-refractivity contribution < 1.29 is 9.59 Å². The number of hydrogen-bond donors (Lipinski definition) is 0. The minimum atomic E-state index is -0.113. The molecule has 0 aromatic carbocycles. The number of nitrogens with zero attached hydrogens (tertiary/aromatic N) is 3. The second-order valence-corrected chi connectivity index (χ2v) is 6.01. The van der Waals surface area contributed by atoms with Crippen molar-refractivity contribution in [3.05, 3.63) is 22.9 Å². The van der Waals surface area contributed by atoms with Gasteiger partial charge in [-0.05, 0) is 43.2 Å². The maximum absolute atomic E-state index is 11.6. The molecule has 0 radical (unpaired) electrons. The molecule has 3 heterocycles. The Hall–Kier alpha value is -1.69. The van der Waals surface area contributed by atoms with Gasteiger partial charge in [0.1, 0.15) is 0 Å². The third kappa shape index (κ3) is 2.90. The van der Waals surface area contributed by atoms with E-state index in [1.165, 1.54) is 6.42 Å². The predicted molar refractivity (Wildman–Crippen MR) is 78.3 cm³/mol. The van der Waals surface area contributed by atoms with E-state index in [1.807, 2.05) is 0 Å². The van der Waals surface area contributed by atoms with Crippen LogP contribution in [0.3, 0.4) is 0 Å². The van der Waals surface area contributed by atoms with E-state index in [0.717, 1.165) is 37.7 Å².